The molecule has 0 aliphatic heterocycles. The number of benzene rings is 1. The largest absolute Gasteiger partial charge is 0.465 e. The Labute approximate surface area is 73.4 Å². The molecule has 0 aliphatic rings. The predicted molar refractivity (Wildman–Crippen MR) is 42.3 cm³/mol. The van der Waals surface area contributed by atoms with E-state index in [9.17, 15) is 13.2 Å². The van der Waals surface area contributed by atoms with Gasteiger partial charge in [-0.2, -0.15) is 13.2 Å². The predicted octanol–water partition coefficient (Wildman–Crippen LogP) is 3.23. The highest BCUT2D eigenvalue weighted by Crippen LogP contribution is 2.35. The third kappa shape index (κ3) is 2.24. The van der Waals surface area contributed by atoms with Crippen LogP contribution in [-0.2, 0) is 6.18 Å². The molecule has 0 saturated heterocycles. The molecular weight excluding hydrogens is 181 g/mol. The fraction of sp³-hybridized carbons (Fsp3) is 0.111. The Kier molecular flexibility index (Phi) is 2.60. The van der Waals surface area contributed by atoms with Crippen LogP contribution in [0.1, 0.15) is 5.56 Å². The van der Waals surface area contributed by atoms with Gasteiger partial charge in [-0.25, -0.2) is 0 Å². The summed E-state index contributed by atoms with van der Waals surface area (Å²) in [5.74, 6) is -0.231. The lowest BCUT2D eigenvalue weighted by Gasteiger charge is -2.10. The van der Waals surface area contributed by atoms with Gasteiger partial charge in [-0.1, -0.05) is 18.7 Å². The smallest absolute Gasteiger partial charge is 0.419 e. The molecule has 0 N–H and O–H groups in total. The van der Waals surface area contributed by atoms with Crippen molar-refractivity contribution in [3.05, 3.63) is 42.7 Å². The Morgan fingerprint density at radius 3 is 2.38 bits per heavy atom. The number of hydrogen-bond donors (Lipinski definition) is 0. The van der Waals surface area contributed by atoms with Crippen molar-refractivity contribution in [3.63, 3.8) is 0 Å². The Morgan fingerprint density at radius 2 is 1.85 bits per heavy atom. The van der Waals surface area contributed by atoms with E-state index in [0.717, 1.165) is 12.3 Å². The number of halogens is 3. The monoisotopic (exact) mass is 188 g/mol. The molecule has 0 spiro atoms. The summed E-state index contributed by atoms with van der Waals surface area (Å²) in [7, 11) is 0. The number of para-hydroxylation sites is 1. The second-order valence-corrected chi connectivity index (χ2v) is 2.28. The van der Waals surface area contributed by atoms with E-state index in [0.29, 0.717) is 0 Å². The van der Waals surface area contributed by atoms with E-state index in [1.54, 1.807) is 0 Å². The summed E-state index contributed by atoms with van der Waals surface area (Å²) in [4.78, 5) is 0. The Hall–Kier alpha value is -1.45. The molecule has 70 valence electrons. The SMILES string of the molecule is C=COc1ccccc1C(F)(F)F. The third-order valence-electron chi connectivity index (χ3n) is 1.40. The van der Waals surface area contributed by atoms with Gasteiger partial charge >= 0.3 is 6.18 Å². The third-order valence-corrected chi connectivity index (χ3v) is 1.40. The van der Waals surface area contributed by atoms with E-state index < -0.39 is 11.7 Å². The first-order chi connectivity index (χ1) is 6.05. The number of ether oxygens (including phenoxy) is 1. The first-order valence-electron chi connectivity index (χ1n) is 3.49. The second-order valence-electron chi connectivity index (χ2n) is 2.28. The van der Waals surface area contributed by atoms with Gasteiger partial charge in [-0.3, -0.25) is 0 Å². The minimum atomic E-state index is -4.39. The van der Waals surface area contributed by atoms with Crippen LogP contribution in [0.15, 0.2) is 37.1 Å². The number of rotatable bonds is 2. The van der Waals surface area contributed by atoms with Crippen LogP contribution in [0.25, 0.3) is 0 Å². The van der Waals surface area contributed by atoms with Crippen LogP contribution in [-0.4, -0.2) is 0 Å². The first kappa shape index (κ1) is 9.64. The van der Waals surface area contributed by atoms with Crippen LogP contribution < -0.4 is 4.74 Å². The normalized spacial score (nSPS) is 11.0. The fourth-order valence-corrected chi connectivity index (χ4v) is 0.893. The molecule has 0 saturated carbocycles. The average Bonchev–Trinajstić information content (AvgIpc) is 2.04. The molecule has 0 fully saturated rings. The maximum atomic E-state index is 12.3. The minimum Gasteiger partial charge on any atom is -0.465 e. The summed E-state index contributed by atoms with van der Waals surface area (Å²) in [5.41, 5.74) is -0.796. The fourth-order valence-electron chi connectivity index (χ4n) is 0.893. The van der Waals surface area contributed by atoms with Crippen LogP contribution in [0.3, 0.4) is 0 Å². The summed E-state index contributed by atoms with van der Waals surface area (Å²) in [6.07, 6.45) is -3.43. The highest BCUT2D eigenvalue weighted by atomic mass is 19.4. The molecule has 1 nitrogen and oxygen atoms in total. The van der Waals surface area contributed by atoms with Crippen molar-refractivity contribution in [2.24, 2.45) is 0 Å². The zero-order valence-electron chi connectivity index (χ0n) is 6.64. The van der Waals surface area contributed by atoms with Crippen LogP contribution in [0, 0.1) is 0 Å². The molecule has 1 aromatic carbocycles. The van der Waals surface area contributed by atoms with Gasteiger partial charge in [-0.05, 0) is 12.1 Å². The highest BCUT2D eigenvalue weighted by molar-refractivity contribution is 5.35. The average molecular weight is 188 g/mol. The zero-order valence-corrected chi connectivity index (χ0v) is 6.64. The second kappa shape index (κ2) is 3.51. The number of hydrogen-bond acceptors (Lipinski definition) is 1. The molecule has 1 rings (SSSR count). The van der Waals surface area contributed by atoms with E-state index in [1.807, 2.05) is 0 Å². The molecule has 0 amide bonds. The molecule has 4 heteroatoms. The van der Waals surface area contributed by atoms with Crippen molar-refractivity contribution in [2.45, 2.75) is 6.18 Å². The molecule has 0 radical (unpaired) electrons. The standard InChI is InChI=1S/C9H7F3O/c1-2-13-8-6-4-3-5-7(8)9(10,11)12/h2-6H,1H2. The van der Waals surface area contributed by atoms with Gasteiger partial charge in [0.05, 0.1) is 11.8 Å². The first-order valence-corrected chi connectivity index (χ1v) is 3.49. The van der Waals surface area contributed by atoms with Gasteiger partial charge < -0.3 is 4.74 Å². The molecule has 0 aliphatic carbocycles. The van der Waals surface area contributed by atoms with Crippen molar-refractivity contribution >= 4 is 0 Å². The van der Waals surface area contributed by atoms with Crippen molar-refractivity contribution in [1.29, 1.82) is 0 Å². The van der Waals surface area contributed by atoms with Gasteiger partial charge in [0.25, 0.3) is 0 Å². The molecule has 0 atom stereocenters. The lowest BCUT2D eigenvalue weighted by Crippen LogP contribution is -2.06. The zero-order chi connectivity index (χ0) is 9.90. The molecule has 13 heavy (non-hydrogen) atoms. The minimum absolute atomic E-state index is 0.231. The van der Waals surface area contributed by atoms with Gasteiger partial charge in [0.1, 0.15) is 5.75 Å². The van der Waals surface area contributed by atoms with E-state index in [2.05, 4.69) is 11.3 Å². The van der Waals surface area contributed by atoms with Gasteiger partial charge in [0, 0.05) is 0 Å². The maximum absolute atomic E-state index is 12.3. The molecule has 1 aromatic rings. The van der Waals surface area contributed by atoms with Gasteiger partial charge in [0.15, 0.2) is 0 Å². The van der Waals surface area contributed by atoms with Crippen molar-refractivity contribution in [3.8, 4) is 5.75 Å². The lowest BCUT2D eigenvalue weighted by molar-refractivity contribution is -0.138. The Morgan fingerprint density at radius 1 is 1.23 bits per heavy atom. The molecule has 0 aromatic heterocycles. The van der Waals surface area contributed by atoms with Crippen molar-refractivity contribution in [2.75, 3.05) is 0 Å². The number of alkyl halides is 3. The summed E-state index contributed by atoms with van der Waals surface area (Å²) in [6, 6.07) is 4.97. The molecular formula is C9H7F3O. The van der Waals surface area contributed by atoms with E-state index in [1.165, 1.54) is 18.2 Å². The molecule has 0 unspecified atom stereocenters. The summed E-state index contributed by atoms with van der Waals surface area (Å²) in [6.45, 7) is 3.19. The van der Waals surface area contributed by atoms with E-state index in [-0.39, 0.29) is 5.75 Å². The van der Waals surface area contributed by atoms with Crippen molar-refractivity contribution in [1.82, 2.24) is 0 Å². The molecule has 0 heterocycles. The summed E-state index contributed by atoms with van der Waals surface area (Å²) in [5, 5.41) is 0. The van der Waals surface area contributed by atoms with Gasteiger partial charge in [-0.15, -0.1) is 0 Å². The van der Waals surface area contributed by atoms with Crippen LogP contribution in [0.2, 0.25) is 0 Å². The topological polar surface area (TPSA) is 9.23 Å². The highest BCUT2D eigenvalue weighted by Gasteiger charge is 2.33. The van der Waals surface area contributed by atoms with Crippen LogP contribution >= 0.6 is 0 Å². The lowest BCUT2D eigenvalue weighted by atomic mass is 10.2. The Balaban J connectivity index is 3.11. The van der Waals surface area contributed by atoms with Crippen LogP contribution in [0.4, 0.5) is 13.2 Å². The summed E-state index contributed by atoms with van der Waals surface area (Å²) < 4.78 is 41.4. The summed E-state index contributed by atoms with van der Waals surface area (Å²) >= 11 is 0. The molecule has 0 bridgehead atoms. The van der Waals surface area contributed by atoms with E-state index in [4.69, 9.17) is 0 Å². The van der Waals surface area contributed by atoms with E-state index >= 15 is 0 Å². The Bertz CT molecular complexity index is 304. The van der Waals surface area contributed by atoms with Crippen LogP contribution in [0.5, 0.6) is 5.75 Å². The maximum Gasteiger partial charge on any atom is 0.419 e. The quantitative estimate of drug-likeness (QED) is 0.647. The van der Waals surface area contributed by atoms with Crippen molar-refractivity contribution < 1.29 is 17.9 Å². The van der Waals surface area contributed by atoms with Gasteiger partial charge in [0.2, 0.25) is 0 Å².